The molecule has 11 heteroatoms. The molecule has 138 valence electrons. The number of amides is 2. The Morgan fingerprint density at radius 2 is 2.16 bits per heavy atom. The number of carbonyl (C=O) groups is 2. The Labute approximate surface area is 141 Å². The van der Waals surface area contributed by atoms with Gasteiger partial charge in [-0.05, 0) is 24.8 Å². The SMILES string of the molecule is NN(C(=O)[C@@H](CCC1CC1)CN(O)C=O)c1nccc(C(F)(F)F)n1. The molecule has 1 atom stereocenters. The summed E-state index contributed by atoms with van der Waals surface area (Å²) in [5, 5.41) is 10.1. The van der Waals surface area contributed by atoms with E-state index < -0.39 is 29.6 Å². The topological polar surface area (TPSA) is 113 Å². The predicted octanol–water partition coefficient (Wildman–Crippen LogP) is 1.36. The van der Waals surface area contributed by atoms with Crippen molar-refractivity contribution in [3.63, 3.8) is 0 Å². The number of nitrogens with two attached hydrogens (primary N) is 1. The highest BCUT2D eigenvalue weighted by Gasteiger charge is 2.34. The number of alkyl halides is 3. The Morgan fingerprint density at radius 3 is 2.72 bits per heavy atom. The summed E-state index contributed by atoms with van der Waals surface area (Å²) in [6, 6.07) is 0.661. The second-order valence-electron chi connectivity index (χ2n) is 5.89. The summed E-state index contributed by atoms with van der Waals surface area (Å²) in [5.41, 5.74) is -1.23. The van der Waals surface area contributed by atoms with Crippen LogP contribution < -0.4 is 10.9 Å². The smallest absolute Gasteiger partial charge is 0.286 e. The average molecular weight is 361 g/mol. The maximum atomic E-state index is 12.7. The molecule has 0 radical (unpaired) electrons. The van der Waals surface area contributed by atoms with Gasteiger partial charge in [0.25, 0.3) is 0 Å². The number of aromatic nitrogens is 2. The van der Waals surface area contributed by atoms with Gasteiger partial charge in [-0.3, -0.25) is 14.8 Å². The van der Waals surface area contributed by atoms with E-state index in [0.717, 1.165) is 19.0 Å². The van der Waals surface area contributed by atoms with Gasteiger partial charge in [-0.2, -0.15) is 13.2 Å². The zero-order valence-electron chi connectivity index (χ0n) is 13.2. The molecular formula is C14H18F3N5O3. The fourth-order valence-corrected chi connectivity index (χ4v) is 2.32. The van der Waals surface area contributed by atoms with Gasteiger partial charge in [0.1, 0.15) is 5.69 Å². The van der Waals surface area contributed by atoms with E-state index in [9.17, 15) is 28.0 Å². The number of carbonyl (C=O) groups excluding carboxylic acids is 2. The quantitative estimate of drug-likeness (QED) is 0.238. The van der Waals surface area contributed by atoms with Crippen molar-refractivity contribution in [1.82, 2.24) is 15.0 Å². The summed E-state index contributed by atoms with van der Waals surface area (Å²) in [6.45, 7) is -0.318. The Bertz CT molecular complexity index is 624. The number of hydrazine groups is 1. The molecule has 0 unspecified atom stereocenters. The Balaban J connectivity index is 2.13. The zero-order valence-corrected chi connectivity index (χ0v) is 13.2. The Kier molecular flexibility index (Phi) is 5.90. The van der Waals surface area contributed by atoms with E-state index >= 15 is 0 Å². The lowest BCUT2D eigenvalue weighted by Gasteiger charge is -2.23. The van der Waals surface area contributed by atoms with Crippen molar-refractivity contribution in [3.05, 3.63) is 18.0 Å². The first kappa shape index (κ1) is 19.1. The van der Waals surface area contributed by atoms with Gasteiger partial charge in [-0.25, -0.2) is 25.9 Å². The van der Waals surface area contributed by atoms with Crippen molar-refractivity contribution in [2.75, 3.05) is 11.6 Å². The van der Waals surface area contributed by atoms with Crippen LogP contribution in [0.3, 0.4) is 0 Å². The first-order valence-corrected chi connectivity index (χ1v) is 7.62. The van der Waals surface area contributed by atoms with Gasteiger partial charge in [0.15, 0.2) is 0 Å². The van der Waals surface area contributed by atoms with Crippen LogP contribution in [0.1, 0.15) is 31.4 Å². The van der Waals surface area contributed by atoms with Gasteiger partial charge in [0.05, 0.1) is 12.5 Å². The van der Waals surface area contributed by atoms with E-state index in [0.29, 0.717) is 34.9 Å². The van der Waals surface area contributed by atoms with Gasteiger partial charge in [-0.15, -0.1) is 0 Å². The Morgan fingerprint density at radius 1 is 1.48 bits per heavy atom. The fraction of sp³-hybridized carbons (Fsp3) is 0.571. The molecule has 1 aromatic rings. The van der Waals surface area contributed by atoms with Crippen LogP contribution in [-0.4, -0.2) is 39.1 Å². The van der Waals surface area contributed by atoms with Crippen LogP contribution in [0.15, 0.2) is 12.3 Å². The molecule has 0 saturated heterocycles. The number of anilines is 1. The molecule has 3 N–H and O–H groups in total. The zero-order chi connectivity index (χ0) is 18.6. The highest BCUT2D eigenvalue weighted by atomic mass is 19.4. The number of nitrogens with zero attached hydrogens (tertiary/aromatic N) is 4. The van der Waals surface area contributed by atoms with E-state index in [1.807, 2.05) is 0 Å². The molecule has 0 bridgehead atoms. The maximum absolute atomic E-state index is 12.7. The fourth-order valence-electron chi connectivity index (χ4n) is 2.32. The van der Waals surface area contributed by atoms with E-state index in [1.54, 1.807) is 0 Å². The molecule has 1 fully saturated rings. The molecule has 0 spiro atoms. The normalized spacial score (nSPS) is 15.6. The molecule has 1 heterocycles. The first-order chi connectivity index (χ1) is 11.7. The minimum Gasteiger partial charge on any atom is -0.286 e. The molecule has 1 aliphatic rings. The third-order valence-electron chi connectivity index (χ3n) is 3.88. The summed E-state index contributed by atoms with van der Waals surface area (Å²) in [4.78, 5) is 29.9. The number of hydroxylamine groups is 2. The van der Waals surface area contributed by atoms with Gasteiger partial charge in [0.2, 0.25) is 18.3 Å². The number of rotatable bonds is 8. The third kappa shape index (κ3) is 5.36. The highest BCUT2D eigenvalue weighted by Crippen LogP contribution is 2.35. The third-order valence-corrected chi connectivity index (χ3v) is 3.88. The van der Waals surface area contributed by atoms with Crippen molar-refractivity contribution < 1.29 is 28.0 Å². The summed E-state index contributed by atoms with van der Waals surface area (Å²) < 4.78 is 38.1. The summed E-state index contributed by atoms with van der Waals surface area (Å²) in [5.74, 6) is 3.82. The number of halogens is 3. The summed E-state index contributed by atoms with van der Waals surface area (Å²) in [7, 11) is 0. The van der Waals surface area contributed by atoms with E-state index in [1.165, 1.54) is 0 Å². The van der Waals surface area contributed by atoms with Crippen molar-refractivity contribution in [3.8, 4) is 0 Å². The van der Waals surface area contributed by atoms with Crippen LogP contribution in [0, 0.1) is 11.8 Å². The van der Waals surface area contributed by atoms with Crippen molar-refractivity contribution in [2.45, 2.75) is 31.9 Å². The average Bonchev–Trinajstić information content (AvgIpc) is 3.40. The molecule has 2 amide bonds. The number of hydrogen-bond acceptors (Lipinski definition) is 6. The second-order valence-corrected chi connectivity index (χ2v) is 5.89. The standard InChI is InChI=1S/C14H18F3N5O3/c15-14(16,17)11-5-6-19-13(20-11)22(18)12(24)10(7-21(25)8-23)4-3-9-1-2-9/h5-6,8-10,25H,1-4,7,18H2/t10-/m0/s1. The number of hydrogen-bond donors (Lipinski definition) is 2. The molecule has 1 saturated carbocycles. The van der Waals surface area contributed by atoms with Crippen LogP contribution in [0.2, 0.25) is 0 Å². The van der Waals surface area contributed by atoms with Crippen molar-refractivity contribution >= 4 is 18.3 Å². The van der Waals surface area contributed by atoms with Crippen LogP contribution in [0.4, 0.5) is 19.1 Å². The molecule has 1 aliphatic carbocycles. The molecular weight excluding hydrogens is 343 g/mol. The van der Waals surface area contributed by atoms with Gasteiger partial charge < -0.3 is 0 Å². The molecule has 8 nitrogen and oxygen atoms in total. The van der Waals surface area contributed by atoms with E-state index in [-0.39, 0.29) is 13.0 Å². The van der Waals surface area contributed by atoms with Gasteiger partial charge in [0, 0.05) is 6.20 Å². The first-order valence-electron chi connectivity index (χ1n) is 7.62. The largest absolute Gasteiger partial charge is 0.433 e. The lowest BCUT2D eigenvalue weighted by atomic mass is 10.00. The minimum atomic E-state index is -4.70. The molecule has 1 aromatic heterocycles. The van der Waals surface area contributed by atoms with Crippen molar-refractivity contribution in [2.24, 2.45) is 17.7 Å². The van der Waals surface area contributed by atoms with Crippen LogP contribution >= 0.6 is 0 Å². The second kappa shape index (κ2) is 7.74. The van der Waals surface area contributed by atoms with Gasteiger partial charge >= 0.3 is 6.18 Å². The molecule has 0 aromatic carbocycles. The summed E-state index contributed by atoms with van der Waals surface area (Å²) in [6.07, 6.45) is -0.602. The van der Waals surface area contributed by atoms with Crippen LogP contribution in [0.5, 0.6) is 0 Å². The van der Waals surface area contributed by atoms with E-state index in [4.69, 9.17) is 5.84 Å². The molecule has 0 aliphatic heterocycles. The predicted molar refractivity (Wildman–Crippen MR) is 78.7 cm³/mol. The Hall–Kier alpha value is -2.27. The maximum Gasteiger partial charge on any atom is 0.433 e. The lowest BCUT2D eigenvalue weighted by molar-refractivity contribution is -0.154. The molecule has 25 heavy (non-hydrogen) atoms. The van der Waals surface area contributed by atoms with Crippen LogP contribution in [0.25, 0.3) is 0 Å². The van der Waals surface area contributed by atoms with E-state index in [2.05, 4.69) is 9.97 Å². The minimum absolute atomic E-state index is 0.138. The lowest BCUT2D eigenvalue weighted by Crippen LogP contribution is -2.46. The molecule has 2 rings (SSSR count). The summed E-state index contributed by atoms with van der Waals surface area (Å²) >= 11 is 0. The highest BCUT2D eigenvalue weighted by molar-refractivity contribution is 5.92. The monoisotopic (exact) mass is 361 g/mol. The van der Waals surface area contributed by atoms with Crippen molar-refractivity contribution in [1.29, 1.82) is 0 Å². The van der Waals surface area contributed by atoms with Gasteiger partial charge in [-0.1, -0.05) is 12.8 Å². The van der Waals surface area contributed by atoms with Crippen LogP contribution in [-0.2, 0) is 15.8 Å².